The van der Waals surface area contributed by atoms with E-state index in [9.17, 15) is 4.79 Å². The van der Waals surface area contributed by atoms with Gasteiger partial charge < -0.3 is 4.74 Å². The summed E-state index contributed by atoms with van der Waals surface area (Å²) in [6, 6.07) is 2.10. The van der Waals surface area contributed by atoms with Crippen molar-refractivity contribution in [3.05, 3.63) is 22.3 Å². The van der Waals surface area contributed by atoms with Crippen LogP contribution in [-0.4, -0.2) is 30.6 Å². The Hall–Kier alpha value is -0.940. The number of carbonyl (C=O) groups is 1. The number of ether oxygens (including phenoxy) is 1. The highest BCUT2D eigenvalue weighted by molar-refractivity contribution is 9.10. The first-order chi connectivity index (χ1) is 8.72. The van der Waals surface area contributed by atoms with Gasteiger partial charge in [-0.15, -0.1) is 0 Å². The van der Waals surface area contributed by atoms with Crippen molar-refractivity contribution in [3.63, 3.8) is 0 Å². The molecule has 5 heteroatoms. The number of hydrogen-bond donors (Lipinski definition) is 0. The van der Waals surface area contributed by atoms with Crippen LogP contribution >= 0.6 is 15.9 Å². The number of nitrogens with zero attached hydrogens (tertiary/aromatic N) is 2. The molecule has 96 valence electrons. The Bertz CT molecular complexity index is 492. The van der Waals surface area contributed by atoms with Crippen LogP contribution in [0.4, 0.5) is 5.82 Å². The summed E-state index contributed by atoms with van der Waals surface area (Å²) in [5.74, 6) is 1.20. The first kappa shape index (κ1) is 12.1. The maximum atomic E-state index is 12.4. The topological polar surface area (TPSA) is 42.4 Å². The number of amides is 1. The number of anilines is 1. The van der Waals surface area contributed by atoms with Gasteiger partial charge in [-0.1, -0.05) is 0 Å². The lowest BCUT2D eigenvalue weighted by molar-refractivity contribution is -0.128. The summed E-state index contributed by atoms with van der Waals surface area (Å²) in [7, 11) is 0. The minimum absolute atomic E-state index is 0.0395. The average Bonchev–Trinajstić information content (AvgIpc) is 2.40. The minimum atomic E-state index is -0.0395. The van der Waals surface area contributed by atoms with Gasteiger partial charge in [-0.3, -0.25) is 9.69 Å². The van der Waals surface area contributed by atoms with Crippen molar-refractivity contribution < 1.29 is 9.53 Å². The molecule has 1 aromatic heterocycles. The maximum absolute atomic E-state index is 12.4. The molecule has 0 N–H and O–H groups in total. The molecule has 2 aliphatic rings. The summed E-state index contributed by atoms with van der Waals surface area (Å²) in [6.07, 6.45) is 2.66. The largest absolute Gasteiger partial charge is 0.381 e. The molecule has 1 fully saturated rings. The Labute approximate surface area is 114 Å². The molecule has 2 aliphatic heterocycles. The van der Waals surface area contributed by atoms with Gasteiger partial charge in [-0.2, -0.15) is 0 Å². The highest BCUT2D eigenvalue weighted by Gasteiger charge is 2.42. The van der Waals surface area contributed by atoms with Crippen molar-refractivity contribution >= 4 is 27.7 Å². The summed E-state index contributed by atoms with van der Waals surface area (Å²) >= 11 is 3.47. The van der Waals surface area contributed by atoms with Gasteiger partial charge in [0, 0.05) is 35.3 Å². The van der Waals surface area contributed by atoms with Gasteiger partial charge in [0.15, 0.2) is 0 Å². The van der Waals surface area contributed by atoms with Crippen molar-refractivity contribution in [2.24, 2.45) is 5.92 Å². The van der Waals surface area contributed by atoms with Crippen LogP contribution in [0.15, 0.2) is 16.7 Å². The molecule has 4 nitrogen and oxygen atoms in total. The van der Waals surface area contributed by atoms with E-state index in [1.165, 1.54) is 5.56 Å². The number of aromatic nitrogens is 1. The number of fused-ring (bicyclic) bond motifs is 3. The van der Waals surface area contributed by atoms with Crippen molar-refractivity contribution in [2.75, 3.05) is 24.7 Å². The fraction of sp³-hybridized carbons (Fsp3) is 0.538. The van der Waals surface area contributed by atoms with Crippen LogP contribution in [0.3, 0.4) is 0 Å². The van der Waals surface area contributed by atoms with E-state index < -0.39 is 0 Å². The van der Waals surface area contributed by atoms with Gasteiger partial charge in [0.1, 0.15) is 5.82 Å². The van der Waals surface area contributed by atoms with Gasteiger partial charge in [-0.05, 0) is 35.3 Å². The monoisotopic (exact) mass is 310 g/mol. The SMILES string of the molecule is CCN1C(=O)[C@H]2COCC[C@@H]2c2cc(Br)cnc21. The molecule has 0 spiro atoms. The molecule has 3 heterocycles. The summed E-state index contributed by atoms with van der Waals surface area (Å²) in [4.78, 5) is 18.6. The highest BCUT2D eigenvalue weighted by atomic mass is 79.9. The van der Waals surface area contributed by atoms with Gasteiger partial charge in [0.2, 0.25) is 5.91 Å². The third kappa shape index (κ3) is 1.77. The van der Waals surface area contributed by atoms with Crippen LogP contribution < -0.4 is 4.90 Å². The molecule has 1 saturated heterocycles. The Kier molecular flexibility index (Phi) is 3.11. The Morgan fingerprint density at radius 2 is 2.39 bits per heavy atom. The van der Waals surface area contributed by atoms with Crippen molar-refractivity contribution in [1.82, 2.24) is 4.98 Å². The van der Waals surface area contributed by atoms with Crippen molar-refractivity contribution in [1.29, 1.82) is 0 Å². The molecule has 0 unspecified atom stereocenters. The zero-order valence-corrected chi connectivity index (χ0v) is 11.8. The first-order valence-electron chi connectivity index (χ1n) is 6.27. The molecular formula is C13H15BrN2O2. The van der Waals surface area contributed by atoms with E-state index in [-0.39, 0.29) is 17.7 Å². The Morgan fingerprint density at radius 3 is 3.17 bits per heavy atom. The molecule has 1 aromatic rings. The molecule has 0 aromatic carbocycles. The van der Waals surface area contributed by atoms with Crippen LogP contribution in [0.1, 0.15) is 24.8 Å². The lowest BCUT2D eigenvalue weighted by Crippen LogP contribution is -2.47. The molecule has 0 saturated carbocycles. The number of carbonyl (C=O) groups excluding carboxylic acids is 1. The molecule has 0 bridgehead atoms. The summed E-state index contributed by atoms with van der Waals surface area (Å²) < 4.78 is 6.44. The van der Waals surface area contributed by atoms with Crippen LogP contribution in [0.2, 0.25) is 0 Å². The summed E-state index contributed by atoms with van der Waals surface area (Å²) in [5, 5.41) is 0. The summed E-state index contributed by atoms with van der Waals surface area (Å²) in [6.45, 7) is 3.90. The van der Waals surface area contributed by atoms with Gasteiger partial charge >= 0.3 is 0 Å². The average molecular weight is 311 g/mol. The van der Waals surface area contributed by atoms with E-state index in [0.29, 0.717) is 13.2 Å². The van der Waals surface area contributed by atoms with E-state index in [1.807, 2.05) is 6.92 Å². The molecule has 0 radical (unpaired) electrons. The van der Waals surface area contributed by atoms with Gasteiger partial charge in [-0.25, -0.2) is 4.98 Å². The number of pyridine rings is 1. The number of halogens is 1. The van der Waals surface area contributed by atoms with Crippen LogP contribution in [0.25, 0.3) is 0 Å². The van der Waals surface area contributed by atoms with Crippen LogP contribution in [0.5, 0.6) is 0 Å². The quantitative estimate of drug-likeness (QED) is 0.799. The third-order valence-electron chi connectivity index (χ3n) is 3.77. The summed E-state index contributed by atoms with van der Waals surface area (Å²) in [5.41, 5.74) is 1.18. The van der Waals surface area contributed by atoms with E-state index in [0.717, 1.165) is 23.3 Å². The molecular weight excluding hydrogens is 296 g/mol. The minimum Gasteiger partial charge on any atom is -0.381 e. The van der Waals surface area contributed by atoms with E-state index in [4.69, 9.17) is 4.74 Å². The second-order valence-electron chi connectivity index (χ2n) is 4.73. The lowest BCUT2D eigenvalue weighted by Gasteiger charge is -2.40. The molecule has 3 rings (SSSR count). The third-order valence-corrected chi connectivity index (χ3v) is 4.21. The fourth-order valence-corrected chi connectivity index (χ4v) is 3.26. The molecule has 0 aliphatic carbocycles. The zero-order chi connectivity index (χ0) is 12.7. The van der Waals surface area contributed by atoms with Gasteiger partial charge in [0.25, 0.3) is 0 Å². The Balaban J connectivity index is 2.12. The van der Waals surface area contributed by atoms with E-state index in [1.54, 1.807) is 11.1 Å². The van der Waals surface area contributed by atoms with Crippen molar-refractivity contribution in [3.8, 4) is 0 Å². The molecule has 18 heavy (non-hydrogen) atoms. The van der Waals surface area contributed by atoms with Crippen LogP contribution in [-0.2, 0) is 9.53 Å². The number of hydrogen-bond acceptors (Lipinski definition) is 3. The molecule has 1 amide bonds. The molecule has 2 atom stereocenters. The smallest absolute Gasteiger partial charge is 0.234 e. The Morgan fingerprint density at radius 1 is 1.56 bits per heavy atom. The predicted molar refractivity (Wildman–Crippen MR) is 71.6 cm³/mol. The fourth-order valence-electron chi connectivity index (χ4n) is 2.91. The van der Waals surface area contributed by atoms with Crippen molar-refractivity contribution in [2.45, 2.75) is 19.3 Å². The maximum Gasteiger partial charge on any atom is 0.234 e. The first-order valence-corrected chi connectivity index (χ1v) is 7.06. The van der Waals surface area contributed by atoms with Gasteiger partial charge in [0.05, 0.1) is 12.5 Å². The van der Waals surface area contributed by atoms with E-state index in [2.05, 4.69) is 27.0 Å². The van der Waals surface area contributed by atoms with Crippen LogP contribution in [0, 0.1) is 5.92 Å². The second kappa shape index (κ2) is 4.63. The lowest BCUT2D eigenvalue weighted by atomic mass is 9.79. The predicted octanol–water partition coefficient (Wildman–Crippen LogP) is 2.33. The standard InChI is InChI=1S/C13H15BrN2O2/c1-2-16-12-10(5-8(14)6-15-12)9-3-4-18-7-11(9)13(16)17/h5-6,9,11H,2-4,7H2,1H3/t9-,11+/m1/s1. The highest BCUT2D eigenvalue weighted by Crippen LogP contribution is 2.42. The normalized spacial score (nSPS) is 26.8. The second-order valence-corrected chi connectivity index (χ2v) is 5.64. The van der Waals surface area contributed by atoms with E-state index >= 15 is 0 Å². The number of rotatable bonds is 1. The zero-order valence-electron chi connectivity index (χ0n) is 10.2.